The third-order valence-corrected chi connectivity index (χ3v) is 4.24. The van der Waals surface area contributed by atoms with Gasteiger partial charge in [0.25, 0.3) is 5.91 Å². The number of nitrogens with two attached hydrogens (primary N) is 1. The van der Waals surface area contributed by atoms with Gasteiger partial charge in [0.2, 0.25) is 0 Å². The molecule has 4 nitrogen and oxygen atoms in total. The van der Waals surface area contributed by atoms with Gasteiger partial charge in [-0.2, -0.15) is 0 Å². The van der Waals surface area contributed by atoms with Crippen molar-refractivity contribution in [1.29, 1.82) is 0 Å². The molecule has 0 radical (unpaired) electrons. The normalized spacial score (nSPS) is 21.3. The first-order valence-corrected chi connectivity index (χ1v) is 7.78. The molecule has 118 valence electrons. The molecule has 0 fully saturated rings. The van der Waals surface area contributed by atoms with E-state index >= 15 is 0 Å². The molecule has 3 atom stereocenters. The van der Waals surface area contributed by atoms with Crippen LogP contribution in [0.3, 0.4) is 0 Å². The molecule has 0 aromatic heterocycles. The molecule has 0 spiro atoms. The van der Waals surface area contributed by atoms with Crippen LogP contribution in [0.25, 0.3) is 0 Å². The molecule has 0 heterocycles. The molecule has 3 N–H and O–H groups in total. The van der Waals surface area contributed by atoms with Crippen molar-refractivity contribution in [3.05, 3.63) is 71.3 Å². The molecule has 1 amide bonds. The Morgan fingerprint density at radius 2 is 1.91 bits per heavy atom. The number of hydrogen-bond donors (Lipinski definition) is 2. The average molecular weight is 308 g/mol. The second-order valence-electron chi connectivity index (χ2n) is 5.91. The topological polar surface area (TPSA) is 75.7 Å². The molecule has 1 unspecified atom stereocenters. The molecule has 0 bridgehead atoms. The van der Waals surface area contributed by atoms with Gasteiger partial charge in [-0.3, -0.25) is 4.79 Å². The summed E-state index contributed by atoms with van der Waals surface area (Å²) in [5.41, 5.74) is 9.09. The monoisotopic (exact) mass is 308 g/mol. The smallest absolute Gasteiger partial charge is 0.262 e. The van der Waals surface area contributed by atoms with Crippen LogP contribution in [0, 0.1) is 0 Å². The van der Waals surface area contributed by atoms with E-state index in [0.717, 1.165) is 16.7 Å². The molecule has 0 saturated carbocycles. The van der Waals surface area contributed by atoms with Gasteiger partial charge in [-0.15, -0.1) is 0 Å². The van der Waals surface area contributed by atoms with Gasteiger partial charge in [0.05, 0.1) is 12.1 Å². The fourth-order valence-electron chi connectivity index (χ4n) is 2.99. The summed E-state index contributed by atoms with van der Waals surface area (Å²) in [4.78, 5) is 16.1. The number of aliphatic hydroxyl groups is 1. The largest absolute Gasteiger partial charge is 0.392 e. The number of benzene rings is 2. The lowest BCUT2D eigenvalue weighted by atomic mass is 10.0. The molecule has 2 aromatic carbocycles. The predicted molar refractivity (Wildman–Crippen MR) is 90.5 cm³/mol. The Kier molecular flexibility index (Phi) is 4.65. The maximum absolute atomic E-state index is 12.1. The number of nitrogens with zero attached hydrogens (tertiary/aromatic N) is 1. The second-order valence-corrected chi connectivity index (χ2v) is 5.91. The van der Waals surface area contributed by atoms with E-state index in [1.54, 1.807) is 6.21 Å². The van der Waals surface area contributed by atoms with Crippen molar-refractivity contribution in [3.63, 3.8) is 0 Å². The Balaban J connectivity index is 1.67. The van der Waals surface area contributed by atoms with Crippen LogP contribution in [0.15, 0.2) is 59.6 Å². The van der Waals surface area contributed by atoms with E-state index < -0.39 is 12.1 Å². The summed E-state index contributed by atoms with van der Waals surface area (Å²) in [5, 5.41) is 10.2. The summed E-state index contributed by atoms with van der Waals surface area (Å²) in [5.74, 6) is -0.593. The van der Waals surface area contributed by atoms with Crippen LogP contribution in [0.2, 0.25) is 0 Å². The molecular formula is C19H20N2O2. The van der Waals surface area contributed by atoms with E-state index in [1.807, 2.05) is 54.6 Å². The lowest BCUT2D eigenvalue weighted by molar-refractivity contribution is -0.118. The number of hydrogen-bond acceptors (Lipinski definition) is 3. The first kappa shape index (κ1) is 15.6. The molecule has 4 heteroatoms. The lowest BCUT2D eigenvalue weighted by Gasteiger charge is -2.11. The zero-order chi connectivity index (χ0) is 16.2. The summed E-state index contributed by atoms with van der Waals surface area (Å²) >= 11 is 0. The molecule has 0 saturated heterocycles. The van der Waals surface area contributed by atoms with Crippen LogP contribution in [0.5, 0.6) is 0 Å². The standard InChI is InChI=1S/C19H20N2O2/c20-17(10-13-6-2-1-3-7-13)19(23)21-12-16-15-9-5-4-8-14(15)11-18(16)22/h1-9,12,16-18,22H,10-11,20H2/t16?,17-,18-/m1/s1. The van der Waals surface area contributed by atoms with Crippen LogP contribution in [0.1, 0.15) is 22.6 Å². The van der Waals surface area contributed by atoms with E-state index in [4.69, 9.17) is 5.73 Å². The maximum Gasteiger partial charge on any atom is 0.262 e. The maximum atomic E-state index is 12.1. The Bertz CT molecular complexity index is 712. The summed E-state index contributed by atoms with van der Waals surface area (Å²) in [7, 11) is 0. The van der Waals surface area contributed by atoms with Crippen molar-refractivity contribution in [1.82, 2.24) is 0 Å². The van der Waals surface area contributed by atoms with Crippen LogP contribution in [-0.4, -0.2) is 29.4 Å². The SMILES string of the molecule is N[C@H](Cc1ccccc1)C(=O)N=CC1c2ccccc2C[C@H]1O. The van der Waals surface area contributed by atoms with E-state index in [9.17, 15) is 9.90 Å². The highest BCUT2D eigenvalue weighted by Crippen LogP contribution is 2.31. The van der Waals surface area contributed by atoms with Gasteiger partial charge in [-0.1, -0.05) is 54.6 Å². The highest BCUT2D eigenvalue weighted by atomic mass is 16.3. The van der Waals surface area contributed by atoms with Crippen LogP contribution in [0.4, 0.5) is 0 Å². The number of rotatable bonds is 4. The van der Waals surface area contributed by atoms with Crippen molar-refractivity contribution in [2.45, 2.75) is 30.9 Å². The number of aliphatic hydroxyl groups excluding tert-OH is 1. The van der Waals surface area contributed by atoms with Gasteiger partial charge in [0.1, 0.15) is 0 Å². The van der Waals surface area contributed by atoms with Gasteiger partial charge in [0.15, 0.2) is 0 Å². The first-order chi connectivity index (χ1) is 11.1. The Morgan fingerprint density at radius 3 is 2.70 bits per heavy atom. The van der Waals surface area contributed by atoms with Gasteiger partial charge < -0.3 is 10.8 Å². The van der Waals surface area contributed by atoms with Crippen molar-refractivity contribution in [3.8, 4) is 0 Å². The quantitative estimate of drug-likeness (QED) is 0.846. The summed E-state index contributed by atoms with van der Waals surface area (Å²) in [6.07, 6.45) is 2.07. The van der Waals surface area contributed by atoms with Crippen molar-refractivity contribution < 1.29 is 9.90 Å². The number of amides is 1. The van der Waals surface area contributed by atoms with Gasteiger partial charge in [-0.25, -0.2) is 4.99 Å². The van der Waals surface area contributed by atoms with E-state index in [2.05, 4.69) is 4.99 Å². The van der Waals surface area contributed by atoms with Crippen molar-refractivity contribution >= 4 is 12.1 Å². The minimum absolute atomic E-state index is 0.237. The van der Waals surface area contributed by atoms with Gasteiger partial charge in [0, 0.05) is 12.1 Å². The zero-order valence-electron chi connectivity index (χ0n) is 12.8. The van der Waals surface area contributed by atoms with E-state index in [1.165, 1.54) is 0 Å². The highest BCUT2D eigenvalue weighted by molar-refractivity contribution is 5.91. The van der Waals surface area contributed by atoms with Crippen molar-refractivity contribution in [2.24, 2.45) is 10.7 Å². The minimum Gasteiger partial charge on any atom is -0.392 e. The Labute approximate surface area is 135 Å². The molecule has 23 heavy (non-hydrogen) atoms. The number of aliphatic imine (C=N–C) groups is 1. The molecular weight excluding hydrogens is 288 g/mol. The molecule has 1 aliphatic rings. The highest BCUT2D eigenvalue weighted by Gasteiger charge is 2.29. The zero-order valence-corrected chi connectivity index (χ0v) is 12.8. The average Bonchev–Trinajstić information content (AvgIpc) is 2.88. The molecule has 3 rings (SSSR count). The van der Waals surface area contributed by atoms with Crippen LogP contribution >= 0.6 is 0 Å². The summed E-state index contributed by atoms with van der Waals surface area (Å²) in [6, 6.07) is 16.8. The second kappa shape index (κ2) is 6.86. The summed E-state index contributed by atoms with van der Waals surface area (Å²) in [6.45, 7) is 0. The fourth-order valence-corrected chi connectivity index (χ4v) is 2.99. The molecule has 1 aliphatic carbocycles. The predicted octanol–water partition coefficient (Wildman–Crippen LogP) is 1.85. The third kappa shape index (κ3) is 3.55. The third-order valence-electron chi connectivity index (χ3n) is 4.24. The summed E-state index contributed by atoms with van der Waals surface area (Å²) < 4.78 is 0. The van der Waals surface area contributed by atoms with Crippen molar-refractivity contribution in [2.75, 3.05) is 0 Å². The number of carbonyl (C=O) groups excluding carboxylic acids is 1. The van der Waals surface area contributed by atoms with Gasteiger partial charge >= 0.3 is 0 Å². The Morgan fingerprint density at radius 1 is 1.22 bits per heavy atom. The van der Waals surface area contributed by atoms with Crippen LogP contribution < -0.4 is 5.73 Å². The van der Waals surface area contributed by atoms with E-state index in [0.29, 0.717) is 12.8 Å². The fraction of sp³-hybridized carbons (Fsp3) is 0.263. The van der Waals surface area contributed by atoms with E-state index in [-0.39, 0.29) is 11.8 Å². The molecule has 0 aliphatic heterocycles. The lowest BCUT2D eigenvalue weighted by Crippen LogP contribution is -2.31. The number of fused-ring (bicyclic) bond motifs is 1. The first-order valence-electron chi connectivity index (χ1n) is 7.78. The molecule has 2 aromatic rings. The minimum atomic E-state index is -0.664. The Hall–Kier alpha value is -2.30. The number of carbonyl (C=O) groups is 1. The van der Waals surface area contributed by atoms with Gasteiger partial charge in [-0.05, 0) is 29.5 Å². The van der Waals surface area contributed by atoms with Crippen LogP contribution in [-0.2, 0) is 17.6 Å².